The van der Waals surface area contributed by atoms with Crippen LogP contribution in [0.1, 0.15) is 6.42 Å². The normalized spacial score (nSPS) is 7.00. The molecule has 0 saturated heterocycles. The first-order valence-corrected chi connectivity index (χ1v) is 2.23. The molecule has 0 aliphatic heterocycles. The van der Waals surface area contributed by atoms with E-state index in [1.807, 2.05) is 0 Å². The van der Waals surface area contributed by atoms with Crippen molar-refractivity contribution in [1.82, 2.24) is 0 Å². The van der Waals surface area contributed by atoms with Crippen LogP contribution in [0.4, 0.5) is 0 Å². The summed E-state index contributed by atoms with van der Waals surface area (Å²) in [5, 5.41) is 7.86. The first-order chi connectivity index (χ1) is 2.77. The van der Waals surface area contributed by atoms with Crippen LogP contribution in [0.25, 0.3) is 0 Å². The first kappa shape index (κ1) is 10.4. The molecule has 0 heterocycles. The van der Waals surface area contributed by atoms with Gasteiger partial charge in [0.25, 0.3) is 0 Å². The second-order valence-electron chi connectivity index (χ2n) is 0.867. The number of hydrogen-bond acceptors (Lipinski definition) is 2. The molecular formula is C3H6O2SZn. The summed E-state index contributed by atoms with van der Waals surface area (Å²) in [4.78, 5) is 9.55. The van der Waals surface area contributed by atoms with Gasteiger partial charge in [0.05, 0.1) is 6.42 Å². The number of carboxylic acid groups (broad SMARTS) is 1. The van der Waals surface area contributed by atoms with E-state index in [0.717, 1.165) is 0 Å². The van der Waals surface area contributed by atoms with E-state index in [4.69, 9.17) is 5.11 Å². The van der Waals surface area contributed by atoms with Gasteiger partial charge in [-0.3, -0.25) is 4.79 Å². The quantitative estimate of drug-likeness (QED) is 0.466. The number of hydrogen-bond donors (Lipinski definition) is 2. The van der Waals surface area contributed by atoms with E-state index in [-0.39, 0.29) is 25.9 Å². The van der Waals surface area contributed by atoms with E-state index in [2.05, 4.69) is 12.6 Å². The first-order valence-electron chi connectivity index (χ1n) is 1.60. The second kappa shape index (κ2) is 6.44. The largest absolute Gasteiger partial charge is 0.481 e. The number of thiol groups is 1. The second-order valence-corrected chi connectivity index (χ2v) is 1.31. The van der Waals surface area contributed by atoms with Crippen molar-refractivity contribution in [2.45, 2.75) is 6.42 Å². The molecule has 0 bridgehead atoms. The van der Waals surface area contributed by atoms with Gasteiger partial charge in [-0.2, -0.15) is 12.6 Å². The van der Waals surface area contributed by atoms with Gasteiger partial charge < -0.3 is 5.11 Å². The van der Waals surface area contributed by atoms with Crippen molar-refractivity contribution in [1.29, 1.82) is 0 Å². The minimum Gasteiger partial charge on any atom is -0.481 e. The molecule has 4 heteroatoms. The molecule has 0 radical (unpaired) electrons. The van der Waals surface area contributed by atoms with Crippen LogP contribution in [0.5, 0.6) is 0 Å². The van der Waals surface area contributed by atoms with Crippen molar-refractivity contribution >= 4 is 18.6 Å². The van der Waals surface area contributed by atoms with Gasteiger partial charge >= 0.3 is 5.97 Å². The molecule has 0 amide bonds. The molecule has 0 aliphatic rings. The zero-order chi connectivity index (χ0) is 4.99. The Morgan fingerprint density at radius 1 is 1.71 bits per heavy atom. The van der Waals surface area contributed by atoms with Crippen LogP contribution >= 0.6 is 12.6 Å². The van der Waals surface area contributed by atoms with Crippen LogP contribution < -0.4 is 0 Å². The molecule has 0 atom stereocenters. The third-order valence-corrected chi connectivity index (χ3v) is 0.549. The average molecular weight is 172 g/mol. The summed E-state index contributed by atoms with van der Waals surface area (Å²) in [6.07, 6.45) is 0.156. The van der Waals surface area contributed by atoms with Crippen molar-refractivity contribution in [3.05, 3.63) is 0 Å². The molecule has 0 rings (SSSR count). The van der Waals surface area contributed by atoms with Crippen molar-refractivity contribution in [2.24, 2.45) is 0 Å². The summed E-state index contributed by atoms with van der Waals surface area (Å²) in [6.45, 7) is 0. The Morgan fingerprint density at radius 2 is 2.14 bits per heavy atom. The van der Waals surface area contributed by atoms with Gasteiger partial charge in [-0.15, -0.1) is 0 Å². The predicted molar refractivity (Wildman–Crippen MR) is 26.1 cm³/mol. The Hall–Kier alpha value is 0.443. The number of carboxylic acids is 1. The maximum Gasteiger partial charge on any atom is 0.304 e. The SMILES string of the molecule is O=C(O)CCS.[Zn]. The Balaban J connectivity index is 0. The van der Waals surface area contributed by atoms with Crippen LogP contribution in [0.2, 0.25) is 0 Å². The molecule has 0 spiro atoms. The maximum absolute atomic E-state index is 9.55. The molecule has 0 aromatic heterocycles. The Bertz CT molecular complexity index is 56.9. The van der Waals surface area contributed by atoms with E-state index in [0.29, 0.717) is 5.75 Å². The van der Waals surface area contributed by atoms with Crippen LogP contribution in [0.15, 0.2) is 0 Å². The van der Waals surface area contributed by atoms with E-state index in [1.54, 1.807) is 0 Å². The van der Waals surface area contributed by atoms with Gasteiger partial charge in [0.2, 0.25) is 0 Å². The van der Waals surface area contributed by atoms with Gasteiger partial charge in [0.15, 0.2) is 0 Å². The Labute approximate surface area is 60.5 Å². The average Bonchev–Trinajstić information content (AvgIpc) is 1.35. The van der Waals surface area contributed by atoms with Crippen LogP contribution in [-0.4, -0.2) is 16.8 Å². The Kier molecular flexibility index (Phi) is 9.60. The predicted octanol–water partition coefficient (Wildman–Crippen LogP) is 0.388. The van der Waals surface area contributed by atoms with Crippen molar-refractivity contribution < 1.29 is 29.4 Å². The summed E-state index contributed by atoms with van der Waals surface area (Å²) in [5.41, 5.74) is 0. The molecule has 1 N–H and O–H groups in total. The van der Waals surface area contributed by atoms with Crippen molar-refractivity contribution in [3.63, 3.8) is 0 Å². The van der Waals surface area contributed by atoms with Gasteiger partial charge in [-0.25, -0.2) is 0 Å². The molecular weight excluding hydrogens is 165 g/mol. The van der Waals surface area contributed by atoms with Crippen LogP contribution in [0, 0.1) is 0 Å². The van der Waals surface area contributed by atoms with Gasteiger partial charge in [0, 0.05) is 25.2 Å². The smallest absolute Gasteiger partial charge is 0.304 e. The summed E-state index contributed by atoms with van der Waals surface area (Å²) >= 11 is 3.68. The number of rotatable bonds is 2. The van der Waals surface area contributed by atoms with Crippen molar-refractivity contribution in [3.8, 4) is 0 Å². The van der Waals surface area contributed by atoms with E-state index in [1.165, 1.54) is 0 Å². The van der Waals surface area contributed by atoms with E-state index < -0.39 is 5.97 Å². The monoisotopic (exact) mass is 170 g/mol. The third-order valence-electron chi connectivity index (χ3n) is 0.326. The maximum atomic E-state index is 9.55. The molecule has 0 aromatic rings. The Morgan fingerprint density at radius 3 is 2.14 bits per heavy atom. The van der Waals surface area contributed by atoms with Gasteiger partial charge in [-0.1, -0.05) is 0 Å². The fourth-order valence-corrected chi connectivity index (χ4v) is 0.287. The van der Waals surface area contributed by atoms with E-state index in [9.17, 15) is 4.79 Å². The minimum atomic E-state index is -0.787. The standard InChI is InChI=1S/C3H6O2S.Zn/c4-3(5)1-2-6;/h6H,1-2H2,(H,4,5);. The molecule has 0 saturated carbocycles. The van der Waals surface area contributed by atoms with Crippen molar-refractivity contribution in [2.75, 3.05) is 5.75 Å². The molecule has 0 aliphatic carbocycles. The number of aliphatic carboxylic acids is 1. The van der Waals surface area contributed by atoms with Crippen LogP contribution in [-0.2, 0) is 24.3 Å². The number of carbonyl (C=O) groups is 1. The molecule has 7 heavy (non-hydrogen) atoms. The van der Waals surface area contributed by atoms with Gasteiger partial charge in [0.1, 0.15) is 0 Å². The molecule has 0 fully saturated rings. The zero-order valence-electron chi connectivity index (χ0n) is 3.92. The molecule has 38 valence electrons. The third kappa shape index (κ3) is 10.7. The van der Waals surface area contributed by atoms with Gasteiger partial charge in [-0.05, 0) is 0 Å². The fourth-order valence-electron chi connectivity index (χ4n) is 0.0956. The molecule has 2 nitrogen and oxygen atoms in total. The summed E-state index contributed by atoms with van der Waals surface area (Å²) in [6, 6.07) is 0. The summed E-state index contributed by atoms with van der Waals surface area (Å²) < 4.78 is 0. The fraction of sp³-hybridized carbons (Fsp3) is 0.667. The van der Waals surface area contributed by atoms with E-state index >= 15 is 0 Å². The topological polar surface area (TPSA) is 37.3 Å². The minimum absolute atomic E-state index is 0. The molecule has 0 unspecified atom stereocenters. The van der Waals surface area contributed by atoms with Crippen LogP contribution in [0.3, 0.4) is 0 Å². The summed E-state index contributed by atoms with van der Waals surface area (Å²) in [7, 11) is 0. The molecule has 0 aromatic carbocycles. The summed E-state index contributed by atoms with van der Waals surface area (Å²) in [5.74, 6) is -0.361. The zero-order valence-corrected chi connectivity index (χ0v) is 7.79.